The predicted molar refractivity (Wildman–Crippen MR) is 74.4 cm³/mol. The van der Waals surface area contributed by atoms with Crippen LogP contribution in [0.5, 0.6) is 5.75 Å². The van der Waals surface area contributed by atoms with Gasteiger partial charge in [0.25, 0.3) is 0 Å². The molecule has 0 spiro atoms. The van der Waals surface area contributed by atoms with Gasteiger partial charge < -0.3 is 15.5 Å². The van der Waals surface area contributed by atoms with Crippen molar-refractivity contribution in [3.8, 4) is 5.75 Å². The summed E-state index contributed by atoms with van der Waals surface area (Å²) in [6.07, 6.45) is 0.500. The first-order valence-corrected chi connectivity index (χ1v) is 6.53. The number of carboxylic acid groups (broad SMARTS) is 1. The highest BCUT2D eigenvalue weighted by molar-refractivity contribution is 14.1. The third-order valence-corrected chi connectivity index (χ3v) is 3.18. The molecule has 0 atom stereocenters. The van der Waals surface area contributed by atoms with Crippen LogP contribution in [0.4, 0.5) is 0 Å². The fraction of sp³-hybridized carbons (Fsp3) is 0.333. The van der Waals surface area contributed by atoms with Crippen LogP contribution in [-0.4, -0.2) is 28.6 Å². The van der Waals surface area contributed by atoms with Crippen molar-refractivity contribution in [1.29, 1.82) is 0 Å². The van der Waals surface area contributed by atoms with Crippen molar-refractivity contribution in [3.63, 3.8) is 0 Å². The number of aromatic hydroxyl groups is 1. The van der Waals surface area contributed by atoms with Crippen molar-refractivity contribution in [3.05, 3.63) is 27.3 Å². The molecule has 18 heavy (non-hydrogen) atoms. The number of hydrogen-bond acceptors (Lipinski definition) is 3. The van der Waals surface area contributed by atoms with Gasteiger partial charge in [0.15, 0.2) is 0 Å². The number of amides is 1. The van der Waals surface area contributed by atoms with Crippen LogP contribution in [0.15, 0.2) is 18.2 Å². The van der Waals surface area contributed by atoms with Gasteiger partial charge in [-0.2, -0.15) is 0 Å². The number of hydrogen-bond donors (Lipinski definition) is 3. The minimum atomic E-state index is -0.974. The maximum absolute atomic E-state index is 11.2. The van der Waals surface area contributed by atoms with Gasteiger partial charge in [-0.3, -0.25) is 9.59 Å². The molecule has 1 rings (SSSR count). The molecule has 5 nitrogen and oxygen atoms in total. The topological polar surface area (TPSA) is 86.6 Å². The van der Waals surface area contributed by atoms with E-state index in [9.17, 15) is 14.7 Å². The first-order chi connectivity index (χ1) is 8.49. The zero-order valence-electron chi connectivity index (χ0n) is 9.65. The van der Waals surface area contributed by atoms with Crippen LogP contribution in [0, 0.1) is 3.57 Å². The van der Waals surface area contributed by atoms with Crippen molar-refractivity contribution in [2.45, 2.75) is 19.3 Å². The summed E-state index contributed by atoms with van der Waals surface area (Å²) in [5, 5.41) is 20.4. The van der Waals surface area contributed by atoms with Gasteiger partial charge in [0.1, 0.15) is 5.75 Å². The highest BCUT2D eigenvalue weighted by Crippen LogP contribution is 2.20. The van der Waals surface area contributed by atoms with Crippen LogP contribution in [0.2, 0.25) is 0 Å². The van der Waals surface area contributed by atoms with E-state index in [1.165, 1.54) is 0 Å². The van der Waals surface area contributed by atoms with E-state index >= 15 is 0 Å². The van der Waals surface area contributed by atoms with Gasteiger partial charge in [-0.05, 0) is 46.7 Å². The summed E-state index contributed by atoms with van der Waals surface area (Å²) >= 11 is 2.03. The molecule has 0 aromatic heterocycles. The maximum Gasteiger partial charge on any atom is 0.303 e. The lowest BCUT2D eigenvalue weighted by Gasteiger charge is -2.05. The molecule has 6 heteroatoms. The second-order valence-electron chi connectivity index (χ2n) is 3.78. The van der Waals surface area contributed by atoms with E-state index in [0.29, 0.717) is 13.0 Å². The van der Waals surface area contributed by atoms with E-state index in [0.717, 1.165) is 9.13 Å². The molecule has 0 aliphatic heterocycles. The van der Waals surface area contributed by atoms with E-state index in [1.807, 2.05) is 28.7 Å². The standard InChI is InChI=1S/C12H14INO4/c13-9-7-8(1-2-10(9)15)5-6-14-11(16)3-4-12(17)18/h1-2,7,15H,3-6H2,(H,14,16)(H,17,18). The van der Waals surface area contributed by atoms with Crippen molar-refractivity contribution in [1.82, 2.24) is 5.32 Å². The number of aliphatic carboxylic acids is 1. The van der Waals surface area contributed by atoms with Gasteiger partial charge in [0.2, 0.25) is 5.91 Å². The fourth-order valence-corrected chi connectivity index (χ4v) is 1.94. The molecule has 1 aromatic rings. The summed E-state index contributed by atoms with van der Waals surface area (Å²) < 4.78 is 0.766. The zero-order chi connectivity index (χ0) is 13.5. The lowest BCUT2D eigenvalue weighted by molar-refractivity contribution is -0.138. The van der Waals surface area contributed by atoms with E-state index in [2.05, 4.69) is 5.32 Å². The monoisotopic (exact) mass is 363 g/mol. The molecular weight excluding hydrogens is 349 g/mol. The first kappa shape index (κ1) is 14.7. The largest absolute Gasteiger partial charge is 0.507 e. The molecule has 0 aliphatic carbocycles. The molecule has 0 heterocycles. The van der Waals surface area contributed by atoms with E-state index in [1.54, 1.807) is 12.1 Å². The third-order valence-electron chi connectivity index (χ3n) is 2.31. The molecule has 0 saturated carbocycles. The molecule has 0 fully saturated rings. The fourth-order valence-electron chi connectivity index (χ4n) is 1.36. The minimum Gasteiger partial charge on any atom is -0.507 e. The molecule has 0 unspecified atom stereocenters. The summed E-state index contributed by atoms with van der Waals surface area (Å²) in [5.41, 5.74) is 1.01. The van der Waals surface area contributed by atoms with Gasteiger partial charge in [-0.25, -0.2) is 0 Å². The van der Waals surface area contributed by atoms with Crippen LogP contribution in [0.25, 0.3) is 0 Å². The minimum absolute atomic E-state index is 0.00243. The molecule has 1 aromatic carbocycles. The van der Waals surface area contributed by atoms with Crippen molar-refractivity contribution < 1.29 is 19.8 Å². The molecule has 0 bridgehead atoms. The van der Waals surface area contributed by atoms with Gasteiger partial charge in [-0.15, -0.1) is 0 Å². The zero-order valence-corrected chi connectivity index (χ0v) is 11.8. The summed E-state index contributed by atoms with van der Waals surface area (Å²) in [6.45, 7) is 0.458. The summed E-state index contributed by atoms with van der Waals surface area (Å²) in [4.78, 5) is 21.5. The molecule has 98 valence electrons. The molecule has 0 saturated heterocycles. The van der Waals surface area contributed by atoms with Crippen LogP contribution >= 0.6 is 22.6 Å². The van der Waals surface area contributed by atoms with Gasteiger partial charge in [0, 0.05) is 13.0 Å². The van der Waals surface area contributed by atoms with Crippen LogP contribution in [0.1, 0.15) is 18.4 Å². The Morgan fingerprint density at radius 2 is 2.00 bits per heavy atom. The number of benzene rings is 1. The SMILES string of the molecule is O=C(O)CCC(=O)NCCc1ccc(O)c(I)c1. The highest BCUT2D eigenvalue weighted by Gasteiger charge is 2.05. The Bertz CT molecular complexity index is 448. The van der Waals surface area contributed by atoms with Crippen molar-refractivity contribution in [2.75, 3.05) is 6.54 Å². The van der Waals surface area contributed by atoms with Crippen LogP contribution in [0.3, 0.4) is 0 Å². The number of carboxylic acids is 1. The predicted octanol–water partition coefficient (Wildman–Crippen LogP) is 1.52. The number of phenols is 1. The quantitative estimate of drug-likeness (QED) is 0.669. The van der Waals surface area contributed by atoms with Gasteiger partial charge in [0.05, 0.1) is 9.99 Å². The molecule has 3 N–H and O–H groups in total. The summed E-state index contributed by atoms with van der Waals surface area (Å²) in [7, 11) is 0. The first-order valence-electron chi connectivity index (χ1n) is 5.45. The number of carbonyl (C=O) groups excluding carboxylic acids is 1. The molecule has 0 aliphatic rings. The number of nitrogens with one attached hydrogen (secondary N) is 1. The second-order valence-corrected chi connectivity index (χ2v) is 4.94. The molecule has 1 amide bonds. The van der Waals surface area contributed by atoms with Crippen molar-refractivity contribution >= 4 is 34.5 Å². The average molecular weight is 363 g/mol. The number of phenolic OH excluding ortho intramolecular Hbond substituents is 1. The van der Waals surface area contributed by atoms with Crippen LogP contribution in [-0.2, 0) is 16.0 Å². The Labute approximate surface area is 118 Å². The number of carbonyl (C=O) groups is 2. The highest BCUT2D eigenvalue weighted by atomic mass is 127. The smallest absolute Gasteiger partial charge is 0.303 e. The Kier molecular flexibility index (Phi) is 5.90. The average Bonchev–Trinajstić information content (AvgIpc) is 2.31. The lowest BCUT2D eigenvalue weighted by atomic mass is 10.1. The summed E-state index contributed by atoms with van der Waals surface area (Å²) in [5.74, 6) is -0.992. The number of halogens is 1. The molecular formula is C12H14INO4. The number of rotatable bonds is 6. The normalized spacial score (nSPS) is 10.1. The summed E-state index contributed by atoms with van der Waals surface area (Å²) in [6, 6.07) is 5.25. The third kappa shape index (κ3) is 5.35. The van der Waals surface area contributed by atoms with E-state index in [4.69, 9.17) is 5.11 Å². The Morgan fingerprint density at radius 3 is 2.61 bits per heavy atom. The Morgan fingerprint density at radius 1 is 1.28 bits per heavy atom. The Balaban J connectivity index is 2.30. The van der Waals surface area contributed by atoms with Crippen molar-refractivity contribution in [2.24, 2.45) is 0 Å². The lowest BCUT2D eigenvalue weighted by Crippen LogP contribution is -2.26. The van der Waals surface area contributed by atoms with Crippen LogP contribution < -0.4 is 5.32 Å². The Hall–Kier alpha value is -1.31. The maximum atomic E-state index is 11.2. The van der Waals surface area contributed by atoms with E-state index in [-0.39, 0.29) is 24.5 Å². The van der Waals surface area contributed by atoms with Gasteiger partial charge >= 0.3 is 5.97 Å². The second kappa shape index (κ2) is 7.20. The van der Waals surface area contributed by atoms with E-state index < -0.39 is 5.97 Å². The van der Waals surface area contributed by atoms with Gasteiger partial charge in [-0.1, -0.05) is 6.07 Å². The molecule has 0 radical (unpaired) electrons.